The van der Waals surface area contributed by atoms with Crippen LogP contribution in [0.15, 0.2) is 12.7 Å². The van der Waals surface area contributed by atoms with Crippen molar-refractivity contribution in [2.24, 2.45) is 0 Å². The molecule has 0 aromatic carbocycles. The maximum Gasteiger partial charge on any atom is 0.437 e. The molecule has 6 N–H and O–H groups in total. The van der Waals surface area contributed by atoms with Crippen molar-refractivity contribution in [3.05, 3.63) is 24.0 Å². The molecule has 1 aliphatic heterocycles. The third-order valence-corrected chi connectivity index (χ3v) is 5.15. The lowest BCUT2D eigenvalue weighted by Gasteiger charge is -2.39. The summed E-state index contributed by atoms with van der Waals surface area (Å²) in [6.45, 7) is 2.48. The summed E-state index contributed by atoms with van der Waals surface area (Å²) >= 11 is 0. The van der Waals surface area contributed by atoms with Crippen molar-refractivity contribution < 1.29 is 57.5 Å². The summed E-state index contributed by atoms with van der Waals surface area (Å²) < 4.78 is 50.9. The molecule has 1 aromatic rings. The Kier molecular flexibility index (Phi) is 10.9. The van der Waals surface area contributed by atoms with E-state index in [0.717, 1.165) is 4.68 Å². The van der Waals surface area contributed by atoms with E-state index < -0.39 is 66.1 Å². The van der Waals surface area contributed by atoms with Gasteiger partial charge in [-0.05, 0) is 12.8 Å². The van der Waals surface area contributed by atoms with Crippen LogP contribution in [0.1, 0.15) is 35.4 Å². The molecule has 1 fully saturated rings. The lowest BCUT2D eigenvalue weighted by molar-refractivity contribution is -0.288. The number of aliphatic hydroxyl groups excluding tert-OH is 3. The summed E-state index contributed by atoms with van der Waals surface area (Å²) in [4.78, 5) is 35.5. The molecule has 14 nitrogen and oxygen atoms in total. The summed E-state index contributed by atoms with van der Waals surface area (Å²) in [6.07, 6.45) is -11.9. The van der Waals surface area contributed by atoms with E-state index in [-0.39, 0.29) is 45.5 Å². The van der Waals surface area contributed by atoms with Gasteiger partial charge in [-0.3, -0.25) is 14.4 Å². The molecule has 2 heterocycles. The highest BCUT2D eigenvalue weighted by Crippen LogP contribution is 2.30. The van der Waals surface area contributed by atoms with Crippen molar-refractivity contribution >= 4 is 17.8 Å². The van der Waals surface area contributed by atoms with Crippen LogP contribution in [0.2, 0.25) is 0 Å². The first-order valence-electron chi connectivity index (χ1n) is 11.1. The van der Waals surface area contributed by atoms with E-state index in [1.165, 1.54) is 6.08 Å². The van der Waals surface area contributed by atoms with Crippen LogP contribution >= 0.6 is 0 Å². The van der Waals surface area contributed by atoms with Crippen LogP contribution in [0.5, 0.6) is 0 Å². The standard InChI is InChI=1S/C20H28F3N5O9/c1-2-9-36-19-14(33)12(31)13(32)15(37-19)18(35)25-7-6-24-17(34)11-16(20(21,22)23)26-27-28(11)8-4-3-5-10(29)30/h2,12-15,19,31-33H,1,3-9H2,(H,24,34)(H,25,35)(H,29,30)/t12-,13+,14+,15-,19+/m0/s1. The second-order valence-corrected chi connectivity index (χ2v) is 7.92. The molecule has 0 saturated carbocycles. The number of alkyl halides is 3. The van der Waals surface area contributed by atoms with E-state index in [4.69, 9.17) is 14.6 Å². The number of nitrogens with zero attached hydrogens (tertiary/aromatic N) is 3. The fourth-order valence-corrected chi connectivity index (χ4v) is 3.33. The molecule has 2 rings (SSSR count). The van der Waals surface area contributed by atoms with Gasteiger partial charge in [0, 0.05) is 26.1 Å². The van der Waals surface area contributed by atoms with Gasteiger partial charge < -0.3 is 40.5 Å². The smallest absolute Gasteiger partial charge is 0.437 e. The van der Waals surface area contributed by atoms with Gasteiger partial charge in [-0.2, -0.15) is 13.2 Å². The van der Waals surface area contributed by atoms with Crippen LogP contribution in [0, 0.1) is 0 Å². The van der Waals surface area contributed by atoms with Crippen molar-refractivity contribution in [3.63, 3.8) is 0 Å². The summed E-state index contributed by atoms with van der Waals surface area (Å²) in [7, 11) is 0. The first-order chi connectivity index (χ1) is 17.4. The summed E-state index contributed by atoms with van der Waals surface area (Å²) in [5.74, 6) is -3.21. The minimum Gasteiger partial charge on any atom is -0.481 e. The van der Waals surface area contributed by atoms with E-state index in [1.54, 1.807) is 0 Å². The molecule has 0 unspecified atom stereocenters. The number of carbonyl (C=O) groups excluding carboxylic acids is 2. The Morgan fingerprint density at radius 3 is 2.41 bits per heavy atom. The van der Waals surface area contributed by atoms with Crippen molar-refractivity contribution in [1.82, 2.24) is 25.6 Å². The molecule has 0 radical (unpaired) electrons. The van der Waals surface area contributed by atoms with Gasteiger partial charge in [-0.15, -0.1) is 11.7 Å². The maximum atomic E-state index is 13.3. The van der Waals surface area contributed by atoms with Gasteiger partial charge in [0.2, 0.25) is 0 Å². The van der Waals surface area contributed by atoms with Crippen LogP contribution in [-0.2, 0) is 31.8 Å². The number of amides is 2. The van der Waals surface area contributed by atoms with Crippen molar-refractivity contribution in [3.8, 4) is 0 Å². The number of unbranched alkanes of at least 4 members (excludes halogenated alkanes) is 1. The van der Waals surface area contributed by atoms with E-state index in [1.807, 2.05) is 0 Å². The fraction of sp³-hybridized carbons (Fsp3) is 0.650. The van der Waals surface area contributed by atoms with Crippen molar-refractivity contribution in [2.45, 2.75) is 62.7 Å². The average molecular weight is 539 g/mol. The Morgan fingerprint density at radius 2 is 1.78 bits per heavy atom. The number of carboxylic acid groups (broad SMARTS) is 1. The van der Waals surface area contributed by atoms with Crippen molar-refractivity contribution in [1.29, 1.82) is 0 Å². The van der Waals surface area contributed by atoms with Gasteiger partial charge in [-0.1, -0.05) is 11.3 Å². The molecular weight excluding hydrogens is 511 g/mol. The Bertz CT molecular complexity index is 958. The van der Waals surface area contributed by atoms with Gasteiger partial charge in [0.15, 0.2) is 23.8 Å². The zero-order valence-corrected chi connectivity index (χ0v) is 19.4. The minimum absolute atomic E-state index is 0.0875. The molecule has 1 aromatic heterocycles. The quantitative estimate of drug-likeness (QED) is 0.124. The molecule has 0 bridgehead atoms. The number of aliphatic hydroxyl groups is 3. The molecule has 37 heavy (non-hydrogen) atoms. The summed E-state index contributed by atoms with van der Waals surface area (Å²) in [5.41, 5.74) is -2.40. The molecule has 17 heteroatoms. The van der Waals surface area contributed by atoms with E-state index in [9.17, 15) is 42.9 Å². The molecule has 208 valence electrons. The number of hydrogen-bond acceptors (Lipinski definition) is 10. The Balaban J connectivity index is 1.95. The number of halogens is 3. The second kappa shape index (κ2) is 13.4. The molecule has 0 aliphatic carbocycles. The number of aromatic nitrogens is 3. The molecule has 1 saturated heterocycles. The molecule has 2 amide bonds. The highest BCUT2D eigenvalue weighted by molar-refractivity contribution is 5.93. The fourth-order valence-electron chi connectivity index (χ4n) is 3.33. The van der Waals surface area contributed by atoms with Crippen LogP contribution in [-0.4, -0.2) is 104 Å². The predicted molar refractivity (Wildman–Crippen MR) is 115 cm³/mol. The summed E-state index contributed by atoms with van der Waals surface area (Å²) in [6, 6.07) is 0. The number of hydrogen-bond donors (Lipinski definition) is 6. The number of rotatable bonds is 13. The molecule has 0 spiro atoms. The lowest BCUT2D eigenvalue weighted by Crippen LogP contribution is -2.62. The number of ether oxygens (including phenoxy) is 2. The normalized spacial score (nSPS) is 23.9. The topological polar surface area (TPSA) is 205 Å². The second-order valence-electron chi connectivity index (χ2n) is 7.92. The van der Waals surface area contributed by atoms with Crippen molar-refractivity contribution in [2.75, 3.05) is 19.7 Å². The lowest BCUT2D eigenvalue weighted by atomic mass is 9.98. The van der Waals surface area contributed by atoms with E-state index >= 15 is 0 Å². The van der Waals surface area contributed by atoms with Gasteiger partial charge in [-0.25, -0.2) is 4.68 Å². The number of carbonyl (C=O) groups is 3. The largest absolute Gasteiger partial charge is 0.481 e. The predicted octanol–water partition coefficient (Wildman–Crippen LogP) is -1.59. The zero-order chi connectivity index (χ0) is 27.8. The van der Waals surface area contributed by atoms with Crippen LogP contribution < -0.4 is 10.6 Å². The average Bonchev–Trinajstić information content (AvgIpc) is 3.27. The van der Waals surface area contributed by atoms with Gasteiger partial charge in [0.1, 0.15) is 18.3 Å². The highest BCUT2D eigenvalue weighted by atomic mass is 19.4. The number of aryl methyl sites for hydroxylation is 1. The molecule has 5 atom stereocenters. The molecule has 1 aliphatic rings. The monoisotopic (exact) mass is 539 g/mol. The van der Waals surface area contributed by atoms with Crippen LogP contribution in [0.25, 0.3) is 0 Å². The highest BCUT2D eigenvalue weighted by Gasteiger charge is 2.47. The molecular formula is C20H28F3N5O9. The van der Waals surface area contributed by atoms with Gasteiger partial charge >= 0.3 is 12.1 Å². The van der Waals surface area contributed by atoms with Gasteiger partial charge in [0.05, 0.1) is 6.61 Å². The number of aliphatic carboxylic acids is 1. The van der Waals surface area contributed by atoms with E-state index in [2.05, 4.69) is 27.5 Å². The number of nitrogens with one attached hydrogen (secondary N) is 2. The number of carboxylic acids is 1. The Morgan fingerprint density at radius 1 is 1.11 bits per heavy atom. The zero-order valence-electron chi connectivity index (χ0n) is 19.4. The maximum absolute atomic E-state index is 13.3. The Labute approximate surface area is 208 Å². The minimum atomic E-state index is -4.98. The third kappa shape index (κ3) is 8.19. The third-order valence-electron chi connectivity index (χ3n) is 5.15. The van der Waals surface area contributed by atoms with Crippen LogP contribution in [0.4, 0.5) is 13.2 Å². The Hall–Kier alpha value is -3.12. The first-order valence-corrected chi connectivity index (χ1v) is 11.1. The van der Waals surface area contributed by atoms with Crippen LogP contribution in [0.3, 0.4) is 0 Å². The first kappa shape index (κ1) is 30.1. The summed E-state index contributed by atoms with van der Waals surface area (Å²) in [5, 5.41) is 49.4. The SMILES string of the molecule is C=CCO[C@@H]1O[C@H](C(=O)NCCNC(=O)c2c(C(F)(F)F)nnn2CCCCC(=O)O)[C@H](O)[C@H](O)[C@H]1O. The van der Waals surface area contributed by atoms with E-state index in [0.29, 0.717) is 0 Å². The van der Waals surface area contributed by atoms with Gasteiger partial charge in [0.25, 0.3) is 11.8 Å².